The Hall–Kier alpha value is 0.384. The van der Waals surface area contributed by atoms with E-state index >= 15 is 0 Å². The summed E-state index contributed by atoms with van der Waals surface area (Å²) in [7, 11) is 0. The van der Waals surface area contributed by atoms with Crippen molar-refractivity contribution in [2.75, 3.05) is 0 Å². The number of Topliss-reactive ketones (excluding diaryl/α,β-unsaturated/α-hetero) is 1. The molecule has 0 atom stereocenters. The maximum absolute atomic E-state index is 10.9. The number of carbonyl (C=O) groups is 1. The van der Waals surface area contributed by atoms with Crippen molar-refractivity contribution in [3.05, 3.63) is 0 Å². The standard InChI is InChI=1S/C11H21O.Ti/c1-3-4-5-6-7-8-9-10-11(2)12;/h2-10H2,1H3;. The zero-order valence-electron chi connectivity index (χ0n) is 8.77. The molecule has 75 valence electrons. The zero-order chi connectivity index (χ0) is 9.94. The van der Waals surface area contributed by atoms with Gasteiger partial charge in [-0.05, 0) is 0 Å². The fraction of sp³-hybridized carbons (Fsp3) is 0.909. The fourth-order valence-electron chi connectivity index (χ4n) is 1.37. The Kier molecular flexibility index (Phi) is 10.8. The first-order chi connectivity index (χ1) is 6.31. The predicted octanol–water partition coefficient (Wildman–Crippen LogP) is 3.66. The number of unbranched alkanes of at least 4 members (excludes halogenated alkanes) is 6. The molecule has 0 rings (SSSR count). The van der Waals surface area contributed by atoms with Crippen LogP contribution in [-0.2, 0) is 25.2 Å². The molecular formula is C11H21OTi. The van der Waals surface area contributed by atoms with Gasteiger partial charge in [0.05, 0.1) is 0 Å². The van der Waals surface area contributed by atoms with Gasteiger partial charge in [0, 0.05) is 0 Å². The molecule has 0 aromatic heterocycles. The Morgan fingerprint density at radius 3 is 2.08 bits per heavy atom. The summed E-state index contributed by atoms with van der Waals surface area (Å²) in [6.45, 7) is 2.24. The van der Waals surface area contributed by atoms with Gasteiger partial charge in [-0.1, -0.05) is 0 Å². The molecule has 0 saturated carbocycles. The Morgan fingerprint density at radius 1 is 1.00 bits per heavy atom. The second-order valence-electron chi connectivity index (χ2n) is 3.59. The van der Waals surface area contributed by atoms with Crippen molar-refractivity contribution in [3.63, 3.8) is 0 Å². The molecule has 0 unspecified atom stereocenters. The van der Waals surface area contributed by atoms with Gasteiger partial charge >= 0.3 is 94.0 Å². The van der Waals surface area contributed by atoms with E-state index in [1.165, 1.54) is 38.5 Å². The Morgan fingerprint density at radius 2 is 1.54 bits per heavy atom. The van der Waals surface area contributed by atoms with Gasteiger partial charge in [0.15, 0.2) is 0 Å². The predicted molar refractivity (Wildman–Crippen MR) is 52.4 cm³/mol. The molecule has 0 amide bonds. The third-order valence-corrected chi connectivity index (χ3v) is 2.87. The van der Waals surface area contributed by atoms with Crippen LogP contribution in [0.5, 0.6) is 0 Å². The van der Waals surface area contributed by atoms with Crippen LogP contribution < -0.4 is 0 Å². The summed E-state index contributed by atoms with van der Waals surface area (Å²) < 4.78 is 0.718. The van der Waals surface area contributed by atoms with Crippen LogP contribution in [0.4, 0.5) is 0 Å². The summed E-state index contributed by atoms with van der Waals surface area (Å²) in [5.41, 5.74) is 0. The van der Waals surface area contributed by atoms with E-state index in [4.69, 9.17) is 0 Å². The Balaban J connectivity index is 2.95. The van der Waals surface area contributed by atoms with Gasteiger partial charge in [-0.15, -0.1) is 0 Å². The zero-order valence-corrected chi connectivity index (χ0v) is 10.3. The van der Waals surface area contributed by atoms with Gasteiger partial charge in [-0.25, -0.2) is 0 Å². The van der Waals surface area contributed by atoms with Crippen LogP contribution in [0.15, 0.2) is 0 Å². The molecule has 0 N–H and O–H groups in total. The van der Waals surface area contributed by atoms with Gasteiger partial charge < -0.3 is 0 Å². The van der Waals surface area contributed by atoms with Crippen LogP contribution >= 0.6 is 0 Å². The van der Waals surface area contributed by atoms with Gasteiger partial charge in [-0.2, -0.15) is 0 Å². The number of hydrogen-bond donors (Lipinski definition) is 0. The van der Waals surface area contributed by atoms with Crippen LogP contribution in [0.3, 0.4) is 0 Å². The summed E-state index contributed by atoms with van der Waals surface area (Å²) in [6, 6.07) is 0. The monoisotopic (exact) mass is 217 g/mol. The summed E-state index contributed by atoms with van der Waals surface area (Å²) in [4.78, 5) is 10.9. The van der Waals surface area contributed by atoms with Gasteiger partial charge in [0.1, 0.15) is 0 Å². The molecule has 0 fully saturated rings. The molecule has 0 saturated heterocycles. The molecule has 0 aromatic carbocycles. The number of ketones is 1. The molecule has 0 aliphatic heterocycles. The normalized spacial score (nSPS) is 10.2. The minimum absolute atomic E-state index is 0.425. The molecule has 2 heteroatoms. The van der Waals surface area contributed by atoms with E-state index in [1.807, 2.05) is 20.4 Å². The van der Waals surface area contributed by atoms with E-state index in [1.54, 1.807) is 0 Å². The first kappa shape index (κ1) is 13.4. The third-order valence-electron chi connectivity index (χ3n) is 2.26. The SMILES string of the molecule is CCCCCCCCCC(=O)[CH2][Ti]. The van der Waals surface area contributed by atoms with E-state index in [0.717, 1.165) is 17.6 Å². The Bertz CT molecular complexity index is 123. The molecule has 0 aliphatic carbocycles. The number of carbonyl (C=O) groups excluding carboxylic acids is 1. The van der Waals surface area contributed by atoms with Crippen molar-refractivity contribution < 1.29 is 25.2 Å². The molecule has 0 heterocycles. The van der Waals surface area contributed by atoms with Gasteiger partial charge in [0.2, 0.25) is 0 Å². The van der Waals surface area contributed by atoms with Crippen molar-refractivity contribution in [2.24, 2.45) is 0 Å². The number of hydrogen-bond acceptors (Lipinski definition) is 1. The van der Waals surface area contributed by atoms with E-state index in [0.29, 0.717) is 5.78 Å². The maximum atomic E-state index is 10.9. The van der Waals surface area contributed by atoms with E-state index in [9.17, 15) is 4.79 Å². The van der Waals surface area contributed by atoms with Crippen molar-refractivity contribution in [3.8, 4) is 0 Å². The third kappa shape index (κ3) is 10.3. The number of rotatable bonds is 9. The van der Waals surface area contributed by atoms with Crippen molar-refractivity contribution >= 4 is 5.78 Å². The summed E-state index contributed by atoms with van der Waals surface area (Å²) >= 11 is 1.95. The molecule has 0 spiro atoms. The van der Waals surface area contributed by atoms with Crippen LogP contribution in [-0.4, -0.2) is 5.78 Å². The molecular weight excluding hydrogens is 196 g/mol. The second-order valence-corrected chi connectivity index (χ2v) is 4.14. The molecule has 13 heavy (non-hydrogen) atoms. The van der Waals surface area contributed by atoms with Crippen molar-refractivity contribution in [1.82, 2.24) is 0 Å². The molecule has 0 aromatic rings. The van der Waals surface area contributed by atoms with Gasteiger partial charge in [0.25, 0.3) is 0 Å². The van der Waals surface area contributed by atoms with Crippen LogP contribution in [0, 0.1) is 0 Å². The molecule has 1 nitrogen and oxygen atoms in total. The summed E-state index contributed by atoms with van der Waals surface area (Å²) in [5.74, 6) is 0.425. The topological polar surface area (TPSA) is 17.1 Å². The molecule has 0 bridgehead atoms. The van der Waals surface area contributed by atoms with E-state index < -0.39 is 0 Å². The second kappa shape index (κ2) is 10.5. The van der Waals surface area contributed by atoms with Crippen molar-refractivity contribution in [1.29, 1.82) is 0 Å². The van der Waals surface area contributed by atoms with E-state index in [2.05, 4.69) is 6.92 Å². The molecule has 0 radical (unpaired) electrons. The first-order valence-electron chi connectivity index (χ1n) is 5.47. The summed E-state index contributed by atoms with van der Waals surface area (Å²) in [5, 5.41) is 0. The van der Waals surface area contributed by atoms with Crippen LogP contribution in [0.2, 0.25) is 4.73 Å². The first-order valence-corrected chi connectivity index (χ1v) is 6.58. The van der Waals surface area contributed by atoms with Crippen molar-refractivity contribution in [2.45, 2.75) is 63.0 Å². The van der Waals surface area contributed by atoms with Gasteiger partial charge in [-0.3, -0.25) is 0 Å². The summed E-state index contributed by atoms with van der Waals surface area (Å²) in [6.07, 6.45) is 9.89. The quantitative estimate of drug-likeness (QED) is 0.425. The van der Waals surface area contributed by atoms with E-state index in [-0.39, 0.29) is 0 Å². The van der Waals surface area contributed by atoms with Crippen LogP contribution in [0.1, 0.15) is 58.3 Å². The minimum atomic E-state index is 0.425. The Labute approximate surface area is 94.1 Å². The average Bonchev–Trinajstić information content (AvgIpc) is 2.16. The fourth-order valence-corrected chi connectivity index (χ4v) is 1.64. The average molecular weight is 217 g/mol. The van der Waals surface area contributed by atoms with Crippen LogP contribution in [0.25, 0.3) is 0 Å². The molecule has 0 aliphatic rings.